The van der Waals surface area contributed by atoms with Crippen molar-refractivity contribution in [2.75, 3.05) is 17.1 Å². The summed E-state index contributed by atoms with van der Waals surface area (Å²) in [5.41, 5.74) is 0.265. The Kier molecular flexibility index (Phi) is 4.24. The van der Waals surface area contributed by atoms with Crippen LogP contribution in [0.5, 0.6) is 0 Å². The molecular weight excluding hydrogens is 349 g/mol. The highest BCUT2D eigenvalue weighted by Crippen LogP contribution is 2.23. The van der Waals surface area contributed by atoms with Gasteiger partial charge in [-0.1, -0.05) is 0 Å². The molecule has 1 heterocycles. The highest BCUT2D eigenvalue weighted by atomic mass is 79.9. The van der Waals surface area contributed by atoms with Crippen molar-refractivity contribution < 1.29 is 12.8 Å². The van der Waals surface area contributed by atoms with E-state index in [2.05, 4.69) is 31.0 Å². The molecule has 0 amide bonds. The van der Waals surface area contributed by atoms with E-state index < -0.39 is 15.8 Å². The van der Waals surface area contributed by atoms with Gasteiger partial charge in [-0.25, -0.2) is 17.8 Å². The number of benzene rings is 1. The third kappa shape index (κ3) is 3.26. The van der Waals surface area contributed by atoms with E-state index in [1.807, 2.05) is 0 Å². The number of sulfonamides is 1. The summed E-state index contributed by atoms with van der Waals surface area (Å²) in [7, 11) is -2.11. The van der Waals surface area contributed by atoms with Gasteiger partial charge in [-0.15, -0.1) is 0 Å². The Bertz CT molecular complexity index is 737. The minimum absolute atomic E-state index is 0.0669. The van der Waals surface area contributed by atoms with Crippen molar-refractivity contribution in [3.63, 3.8) is 0 Å². The van der Waals surface area contributed by atoms with E-state index in [1.165, 1.54) is 36.5 Å². The van der Waals surface area contributed by atoms with Crippen LogP contribution < -0.4 is 10.0 Å². The molecule has 0 spiro atoms. The zero-order valence-corrected chi connectivity index (χ0v) is 12.8. The van der Waals surface area contributed by atoms with Gasteiger partial charge in [-0.05, 0) is 40.2 Å². The molecule has 5 nitrogen and oxygen atoms in total. The van der Waals surface area contributed by atoms with Gasteiger partial charge in [0.25, 0.3) is 10.0 Å². The second kappa shape index (κ2) is 5.76. The highest BCUT2D eigenvalue weighted by molar-refractivity contribution is 9.10. The standard InChI is InChI=1S/C12H11BrFN3O2S/c1-15-12-7-9(4-5-16-12)20(18,19)17-8-2-3-11(14)10(13)6-8/h2-7,17H,1H3,(H,15,16). The van der Waals surface area contributed by atoms with Crippen LogP contribution in [0.3, 0.4) is 0 Å². The molecule has 2 aromatic rings. The van der Waals surface area contributed by atoms with E-state index in [-0.39, 0.29) is 15.1 Å². The van der Waals surface area contributed by atoms with Crippen LogP contribution in [0.15, 0.2) is 45.9 Å². The number of nitrogens with one attached hydrogen (secondary N) is 2. The predicted molar refractivity (Wildman–Crippen MR) is 78.7 cm³/mol. The number of hydrogen-bond donors (Lipinski definition) is 2. The van der Waals surface area contributed by atoms with Gasteiger partial charge in [0, 0.05) is 19.3 Å². The summed E-state index contributed by atoms with van der Waals surface area (Å²) in [5, 5.41) is 2.76. The average molecular weight is 360 g/mol. The SMILES string of the molecule is CNc1cc(S(=O)(=O)Nc2ccc(F)c(Br)c2)ccn1. The number of aromatic nitrogens is 1. The second-order valence-corrected chi connectivity index (χ2v) is 6.40. The molecular formula is C12H11BrFN3O2S. The van der Waals surface area contributed by atoms with Crippen LogP contribution in [0.2, 0.25) is 0 Å². The summed E-state index contributed by atoms with van der Waals surface area (Å²) < 4.78 is 40.1. The van der Waals surface area contributed by atoms with Gasteiger partial charge in [0.15, 0.2) is 0 Å². The third-order valence-electron chi connectivity index (χ3n) is 2.47. The molecule has 0 aliphatic rings. The van der Waals surface area contributed by atoms with Crippen LogP contribution in [-0.2, 0) is 10.0 Å². The molecule has 0 aliphatic carbocycles. The van der Waals surface area contributed by atoms with Gasteiger partial charge in [0.2, 0.25) is 0 Å². The fourth-order valence-corrected chi connectivity index (χ4v) is 2.93. The summed E-state index contributed by atoms with van der Waals surface area (Å²) >= 11 is 3.00. The molecule has 2 rings (SSSR count). The minimum Gasteiger partial charge on any atom is -0.373 e. The molecule has 20 heavy (non-hydrogen) atoms. The van der Waals surface area contributed by atoms with Crippen molar-refractivity contribution in [1.29, 1.82) is 0 Å². The maximum atomic E-state index is 13.1. The Morgan fingerprint density at radius 3 is 2.65 bits per heavy atom. The molecule has 0 bridgehead atoms. The summed E-state index contributed by atoms with van der Waals surface area (Å²) in [6.45, 7) is 0. The van der Waals surface area contributed by atoms with Crippen LogP contribution in [0, 0.1) is 5.82 Å². The fourth-order valence-electron chi connectivity index (χ4n) is 1.49. The molecule has 106 valence electrons. The first-order valence-corrected chi connectivity index (χ1v) is 7.81. The number of pyridine rings is 1. The van der Waals surface area contributed by atoms with Gasteiger partial charge in [0.1, 0.15) is 11.6 Å². The van der Waals surface area contributed by atoms with Crippen LogP contribution in [0.1, 0.15) is 0 Å². The first kappa shape index (κ1) is 14.7. The molecule has 8 heteroatoms. The van der Waals surface area contributed by atoms with Crippen LogP contribution in [-0.4, -0.2) is 20.4 Å². The first-order valence-electron chi connectivity index (χ1n) is 5.54. The Labute approximate surface area is 124 Å². The number of rotatable bonds is 4. The smallest absolute Gasteiger partial charge is 0.262 e. The largest absolute Gasteiger partial charge is 0.373 e. The van der Waals surface area contributed by atoms with Crippen molar-refractivity contribution in [1.82, 2.24) is 4.98 Å². The van der Waals surface area contributed by atoms with Crippen molar-refractivity contribution >= 4 is 37.5 Å². The Hall–Kier alpha value is -1.67. The number of anilines is 2. The zero-order valence-electron chi connectivity index (χ0n) is 10.4. The molecule has 1 aromatic carbocycles. The molecule has 0 aliphatic heterocycles. The number of halogens is 2. The van der Waals surface area contributed by atoms with E-state index in [1.54, 1.807) is 7.05 Å². The topological polar surface area (TPSA) is 71.1 Å². The quantitative estimate of drug-likeness (QED) is 0.880. The maximum absolute atomic E-state index is 13.1. The Morgan fingerprint density at radius 2 is 2.00 bits per heavy atom. The molecule has 0 unspecified atom stereocenters. The molecule has 0 atom stereocenters. The van der Waals surface area contributed by atoms with Crippen LogP contribution >= 0.6 is 15.9 Å². The molecule has 1 aromatic heterocycles. The summed E-state index contributed by atoms with van der Waals surface area (Å²) in [4.78, 5) is 4.01. The van der Waals surface area contributed by atoms with E-state index in [4.69, 9.17) is 0 Å². The molecule has 0 saturated heterocycles. The minimum atomic E-state index is -3.75. The lowest BCUT2D eigenvalue weighted by Gasteiger charge is -2.09. The summed E-state index contributed by atoms with van der Waals surface area (Å²) in [6, 6.07) is 6.65. The van der Waals surface area contributed by atoms with Gasteiger partial charge in [0.05, 0.1) is 15.1 Å². The normalized spacial score (nSPS) is 11.2. The van der Waals surface area contributed by atoms with Crippen molar-refractivity contribution in [2.45, 2.75) is 4.90 Å². The monoisotopic (exact) mass is 359 g/mol. The van der Waals surface area contributed by atoms with Gasteiger partial charge >= 0.3 is 0 Å². The highest BCUT2D eigenvalue weighted by Gasteiger charge is 2.15. The molecule has 2 N–H and O–H groups in total. The lowest BCUT2D eigenvalue weighted by Crippen LogP contribution is -2.13. The second-order valence-electron chi connectivity index (χ2n) is 3.86. The van der Waals surface area contributed by atoms with Crippen molar-refractivity contribution in [2.24, 2.45) is 0 Å². The molecule has 0 radical (unpaired) electrons. The van der Waals surface area contributed by atoms with E-state index in [0.29, 0.717) is 5.82 Å². The van der Waals surface area contributed by atoms with E-state index in [9.17, 15) is 12.8 Å². The predicted octanol–water partition coefficient (Wildman–Crippen LogP) is 2.83. The summed E-state index contributed by atoms with van der Waals surface area (Å²) in [5.74, 6) is -0.0255. The maximum Gasteiger partial charge on any atom is 0.262 e. The van der Waals surface area contributed by atoms with Crippen LogP contribution in [0.4, 0.5) is 15.9 Å². The molecule has 0 fully saturated rings. The van der Waals surface area contributed by atoms with Crippen molar-refractivity contribution in [3.8, 4) is 0 Å². The Morgan fingerprint density at radius 1 is 1.25 bits per heavy atom. The number of hydrogen-bond acceptors (Lipinski definition) is 4. The summed E-state index contributed by atoms with van der Waals surface area (Å²) in [6.07, 6.45) is 1.39. The zero-order chi connectivity index (χ0) is 14.8. The van der Waals surface area contributed by atoms with Crippen molar-refractivity contribution in [3.05, 3.63) is 46.8 Å². The third-order valence-corrected chi connectivity index (χ3v) is 4.46. The van der Waals surface area contributed by atoms with E-state index >= 15 is 0 Å². The lowest BCUT2D eigenvalue weighted by molar-refractivity contribution is 0.600. The first-order chi connectivity index (χ1) is 9.42. The van der Waals surface area contributed by atoms with Gasteiger partial charge < -0.3 is 5.32 Å². The van der Waals surface area contributed by atoms with Gasteiger partial charge in [-0.2, -0.15) is 0 Å². The van der Waals surface area contributed by atoms with Gasteiger partial charge in [-0.3, -0.25) is 4.72 Å². The number of nitrogens with zero attached hydrogens (tertiary/aromatic N) is 1. The van der Waals surface area contributed by atoms with E-state index in [0.717, 1.165) is 0 Å². The fraction of sp³-hybridized carbons (Fsp3) is 0.0833. The lowest BCUT2D eigenvalue weighted by atomic mass is 10.3. The van der Waals surface area contributed by atoms with Crippen LogP contribution in [0.25, 0.3) is 0 Å². The Balaban J connectivity index is 2.32. The molecule has 0 saturated carbocycles. The average Bonchev–Trinajstić information content (AvgIpc) is 2.43.